The van der Waals surface area contributed by atoms with Crippen molar-refractivity contribution in [1.82, 2.24) is 14.2 Å². The molecule has 0 spiro atoms. The minimum atomic E-state index is -3.71. The van der Waals surface area contributed by atoms with Crippen LogP contribution in [-0.4, -0.2) is 41.5 Å². The molecule has 0 saturated carbocycles. The molecule has 2 aromatic heterocycles. The molecule has 1 aliphatic heterocycles. The van der Waals surface area contributed by atoms with Crippen LogP contribution in [0.2, 0.25) is 0 Å². The zero-order valence-electron chi connectivity index (χ0n) is 15.5. The third-order valence-corrected chi connectivity index (χ3v) is 6.48. The molecule has 8 nitrogen and oxygen atoms in total. The van der Waals surface area contributed by atoms with Crippen molar-refractivity contribution in [3.8, 4) is 0 Å². The van der Waals surface area contributed by atoms with Gasteiger partial charge in [0.25, 0.3) is 11.8 Å². The van der Waals surface area contributed by atoms with Crippen LogP contribution in [0.3, 0.4) is 0 Å². The maximum atomic E-state index is 12.7. The maximum absolute atomic E-state index is 12.7. The van der Waals surface area contributed by atoms with Gasteiger partial charge in [-0.3, -0.25) is 19.5 Å². The molecule has 29 heavy (non-hydrogen) atoms. The number of fused-ring (bicyclic) bond motifs is 1. The standard InChI is InChI=1S/C20H17N3O5S/c1-22(13-15-4-3-11-28-15)29(26,27)16-8-6-14(7-9-16)12-23-19(24)17-5-2-10-21-18(17)20(23)25/h2-11H,12-13H2,1H3. The minimum Gasteiger partial charge on any atom is -0.468 e. The highest BCUT2D eigenvalue weighted by Gasteiger charge is 2.36. The average Bonchev–Trinajstić information content (AvgIpc) is 3.31. The fourth-order valence-corrected chi connectivity index (χ4v) is 4.23. The van der Waals surface area contributed by atoms with Crippen LogP contribution in [0.4, 0.5) is 0 Å². The Bertz CT molecular complexity index is 1140. The van der Waals surface area contributed by atoms with E-state index in [2.05, 4.69) is 4.98 Å². The highest BCUT2D eigenvalue weighted by molar-refractivity contribution is 7.89. The van der Waals surface area contributed by atoms with Crippen molar-refractivity contribution in [3.05, 3.63) is 83.6 Å². The number of imide groups is 1. The second-order valence-electron chi connectivity index (χ2n) is 6.58. The second kappa shape index (κ2) is 7.26. The van der Waals surface area contributed by atoms with Crippen molar-refractivity contribution in [2.24, 2.45) is 0 Å². The van der Waals surface area contributed by atoms with Crippen molar-refractivity contribution in [1.29, 1.82) is 0 Å². The van der Waals surface area contributed by atoms with Gasteiger partial charge >= 0.3 is 0 Å². The predicted molar refractivity (Wildman–Crippen MR) is 102 cm³/mol. The Morgan fingerprint density at radius 1 is 1.03 bits per heavy atom. The third-order valence-electron chi connectivity index (χ3n) is 4.66. The summed E-state index contributed by atoms with van der Waals surface area (Å²) < 4.78 is 31.8. The molecule has 0 aliphatic carbocycles. The first-order valence-electron chi connectivity index (χ1n) is 8.77. The Morgan fingerprint density at radius 2 is 1.79 bits per heavy atom. The number of carbonyl (C=O) groups is 2. The molecule has 4 rings (SSSR count). The number of sulfonamides is 1. The van der Waals surface area contributed by atoms with E-state index in [0.717, 1.165) is 4.90 Å². The van der Waals surface area contributed by atoms with Gasteiger partial charge in [-0.25, -0.2) is 8.42 Å². The summed E-state index contributed by atoms with van der Waals surface area (Å²) in [6.07, 6.45) is 2.95. The molecule has 148 valence electrons. The monoisotopic (exact) mass is 411 g/mol. The van der Waals surface area contributed by atoms with E-state index in [1.54, 1.807) is 36.4 Å². The lowest BCUT2D eigenvalue weighted by atomic mass is 10.2. The second-order valence-corrected chi connectivity index (χ2v) is 8.63. The van der Waals surface area contributed by atoms with Gasteiger partial charge in [0.05, 0.1) is 29.8 Å². The Kier molecular flexibility index (Phi) is 4.77. The molecule has 0 N–H and O–H groups in total. The molecular weight excluding hydrogens is 394 g/mol. The van der Waals surface area contributed by atoms with E-state index < -0.39 is 21.8 Å². The number of nitrogens with zero attached hydrogens (tertiary/aromatic N) is 3. The molecule has 0 bridgehead atoms. The smallest absolute Gasteiger partial charge is 0.280 e. The normalized spacial score (nSPS) is 13.9. The summed E-state index contributed by atoms with van der Waals surface area (Å²) in [6.45, 7) is 0.149. The van der Waals surface area contributed by atoms with Crippen LogP contribution in [0.5, 0.6) is 0 Å². The van der Waals surface area contributed by atoms with Gasteiger partial charge in [-0.1, -0.05) is 12.1 Å². The summed E-state index contributed by atoms with van der Waals surface area (Å²) in [7, 11) is -2.24. The first kappa shape index (κ1) is 19.0. The molecule has 3 heterocycles. The molecule has 0 radical (unpaired) electrons. The zero-order chi connectivity index (χ0) is 20.6. The van der Waals surface area contributed by atoms with Gasteiger partial charge in [-0.2, -0.15) is 4.31 Å². The number of rotatable bonds is 6. The number of furan rings is 1. The summed E-state index contributed by atoms with van der Waals surface area (Å²) in [5, 5.41) is 0. The molecule has 0 atom stereocenters. The lowest BCUT2D eigenvalue weighted by molar-refractivity contribution is 0.0640. The molecule has 2 amide bonds. The summed E-state index contributed by atoms with van der Waals surface area (Å²) in [5.74, 6) is -0.333. The van der Waals surface area contributed by atoms with E-state index in [9.17, 15) is 18.0 Å². The summed E-state index contributed by atoms with van der Waals surface area (Å²) in [4.78, 5) is 30.0. The number of hydrogen-bond acceptors (Lipinski definition) is 6. The fraction of sp³-hybridized carbons (Fsp3) is 0.150. The van der Waals surface area contributed by atoms with E-state index in [0.29, 0.717) is 11.3 Å². The average molecular weight is 411 g/mol. The topological polar surface area (TPSA) is 101 Å². The van der Waals surface area contributed by atoms with Gasteiger partial charge < -0.3 is 4.42 Å². The van der Waals surface area contributed by atoms with Gasteiger partial charge in [0.2, 0.25) is 10.0 Å². The van der Waals surface area contributed by atoms with Crippen LogP contribution >= 0.6 is 0 Å². The number of benzene rings is 1. The zero-order valence-corrected chi connectivity index (χ0v) is 16.3. The fourth-order valence-electron chi connectivity index (χ4n) is 3.09. The molecular formula is C20H17N3O5S. The number of carbonyl (C=O) groups excluding carboxylic acids is 2. The molecule has 3 aromatic rings. The maximum Gasteiger partial charge on any atom is 0.280 e. The van der Waals surface area contributed by atoms with Crippen LogP contribution in [0.1, 0.15) is 32.2 Å². The van der Waals surface area contributed by atoms with Crippen LogP contribution < -0.4 is 0 Å². The van der Waals surface area contributed by atoms with E-state index in [1.165, 1.54) is 35.9 Å². The largest absolute Gasteiger partial charge is 0.468 e. The highest BCUT2D eigenvalue weighted by atomic mass is 32.2. The Morgan fingerprint density at radius 3 is 2.45 bits per heavy atom. The van der Waals surface area contributed by atoms with Crippen LogP contribution in [0, 0.1) is 0 Å². The minimum absolute atomic E-state index is 0.0383. The van der Waals surface area contributed by atoms with E-state index in [4.69, 9.17) is 4.42 Å². The molecule has 9 heteroatoms. The summed E-state index contributed by atoms with van der Waals surface area (Å²) in [6, 6.07) is 12.7. The van der Waals surface area contributed by atoms with Crippen LogP contribution in [-0.2, 0) is 23.1 Å². The molecule has 0 unspecified atom stereocenters. The van der Waals surface area contributed by atoms with Crippen molar-refractivity contribution >= 4 is 21.8 Å². The summed E-state index contributed by atoms with van der Waals surface area (Å²) >= 11 is 0. The summed E-state index contributed by atoms with van der Waals surface area (Å²) in [5.41, 5.74) is 1.04. The van der Waals surface area contributed by atoms with Gasteiger partial charge in [-0.05, 0) is 42.0 Å². The van der Waals surface area contributed by atoms with E-state index >= 15 is 0 Å². The Labute approximate surface area is 167 Å². The van der Waals surface area contributed by atoms with Gasteiger partial charge in [-0.15, -0.1) is 0 Å². The van der Waals surface area contributed by atoms with Crippen molar-refractivity contribution in [2.45, 2.75) is 18.0 Å². The lowest BCUT2D eigenvalue weighted by Crippen LogP contribution is -2.29. The molecule has 0 saturated heterocycles. The Balaban J connectivity index is 1.50. The van der Waals surface area contributed by atoms with E-state index in [-0.39, 0.29) is 29.2 Å². The van der Waals surface area contributed by atoms with Crippen LogP contribution in [0.15, 0.2) is 70.3 Å². The molecule has 1 aliphatic rings. The van der Waals surface area contributed by atoms with Crippen molar-refractivity contribution < 1.29 is 22.4 Å². The molecule has 1 aromatic carbocycles. The number of amides is 2. The number of pyridine rings is 1. The van der Waals surface area contributed by atoms with Gasteiger partial charge in [0, 0.05) is 13.2 Å². The van der Waals surface area contributed by atoms with Crippen molar-refractivity contribution in [3.63, 3.8) is 0 Å². The first-order valence-corrected chi connectivity index (χ1v) is 10.2. The Hall–Kier alpha value is -3.30. The first-order chi connectivity index (χ1) is 13.9. The van der Waals surface area contributed by atoms with Gasteiger partial charge in [0.15, 0.2) is 0 Å². The quantitative estimate of drug-likeness (QED) is 0.577. The van der Waals surface area contributed by atoms with Crippen LogP contribution in [0.25, 0.3) is 0 Å². The molecule has 0 fully saturated rings. The highest BCUT2D eigenvalue weighted by Crippen LogP contribution is 2.23. The number of aromatic nitrogens is 1. The van der Waals surface area contributed by atoms with Gasteiger partial charge in [0.1, 0.15) is 11.5 Å². The predicted octanol–water partition coefficient (Wildman–Crippen LogP) is 2.29. The lowest BCUT2D eigenvalue weighted by Gasteiger charge is -2.17. The third kappa shape index (κ3) is 3.45. The van der Waals surface area contributed by atoms with Crippen molar-refractivity contribution in [2.75, 3.05) is 7.05 Å². The SMILES string of the molecule is CN(Cc1ccco1)S(=O)(=O)c1ccc(CN2C(=O)c3cccnc3C2=O)cc1. The number of hydrogen-bond donors (Lipinski definition) is 0. The van der Waals surface area contributed by atoms with E-state index in [1.807, 2.05) is 0 Å².